The Labute approximate surface area is 126 Å². The minimum Gasteiger partial charge on any atom is -0.356 e. The number of hydrogen-bond acceptors (Lipinski definition) is 1. The zero-order chi connectivity index (χ0) is 13.5. The second kappa shape index (κ2) is 8.18. The average Bonchev–Trinajstić information content (AvgIpc) is 2.47. The van der Waals surface area contributed by atoms with E-state index in [4.69, 9.17) is 5.41 Å². The van der Waals surface area contributed by atoms with Gasteiger partial charge in [0.05, 0.1) is 0 Å². The Balaban J connectivity index is 0.00000200. The normalized spacial score (nSPS) is 10.1. The van der Waals surface area contributed by atoms with E-state index in [1.54, 1.807) is 0 Å². The van der Waals surface area contributed by atoms with E-state index in [0.29, 0.717) is 5.84 Å². The number of nitrogens with one attached hydrogen (secondary N) is 1. The summed E-state index contributed by atoms with van der Waals surface area (Å²) in [6, 6.07) is 20.2. The Morgan fingerprint density at radius 3 is 2.15 bits per heavy atom. The van der Waals surface area contributed by atoms with Gasteiger partial charge in [-0.05, 0) is 17.2 Å². The number of halogens is 1. The number of rotatable bonds is 4. The van der Waals surface area contributed by atoms with Gasteiger partial charge in [0.2, 0.25) is 0 Å². The molecule has 3 heteroatoms. The van der Waals surface area contributed by atoms with Gasteiger partial charge in [0.15, 0.2) is 0 Å². The first-order valence-electron chi connectivity index (χ1n) is 6.32. The van der Waals surface area contributed by atoms with Crippen LogP contribution in [-0.2, 0) is 6.54 Å². The Bertz CT molecular complexity index is 550. The molecule has 2 aromatic rings. The quantitative estimate of drug-likeness (QED) is 0.661. The molecule has 0 unspecified atom stereocenters. The number of benzene rings is 2. The Morgan fingerprint density at radius 1 is 1.00 bits per heavy atom. The fourth-order valence-electron chi connectivity index (χ4n) is 1.81. The third-order valence-electron chi connectivity index (χ3n) is 2.91. The van der Waals surface area contributed by atoms with Crippen molar-refractivity contribution in [3.05, 3.63) is 77.9 Å². The van der Waals surface area contributed by atoms with Crippen molar-refractivity contribution in [2.45, 2.75) is 6.54 Å². The van der Waals surface area contributed by atoms with Crippen LogP contribution in [0.3, 0.4) is 0 Å². The molecule has 1 N–H and O–H groups in total. The van der Waals surface area contributed by atoms with Crippen molar-refractivity contribution in [3.63, 3.8) is 0 Å². The van der Waals surface area contributed by atoms with E-state index >= 15 is 0 Å². The van der Waals surface area contributed by atoms with E-state index < -0.39 is 0 Å². The molecule has 0 saturated heterocycles. The zero-order valence-corrected chi connectivity index (χ0v) is 12.3. The van der Waals surface area contributed by atoms with Gasteiger partial charge in [-0.1, -0.05) is 66.7 Å². The van der Waals surface area contributed by atoms with E-state index in [9.17, 15) is 0 Å². The van der Waals surface area contributed by atoms with Crippen molar-refractivity contribution < 1.29 is 0 Å². The monoisotopic (exact) mass is 286 g/mol. The summed E-state index contributed by atoms with van der Waals surface area (Å²) in [5.41, 5.74) is 2.32. The lowest BCUT2D eigenvalue weighted by Gasteiger charge is -2.17. The van der Waals surface area contributed by atoms with Crippen molar-refractivity contribution in [2.24, 2.45) is 0 Å². The third kappa shape index (κ3) is 4.90. The van der Waals surface area contributed by atoms with Gasteiger partial charge in [0, 0.05) is 13.6 Å². The van der Waals surface area contributed by atoms with Crippen LogP contribution in [0, 0.1) is 5.41 Å². The molecule has 0 saturated carbocycles. The predicted molar refractivity (Wildman–Crippen MR) is 88.4 cm³/mol. The molecule has 0 aromatic heterocycles. The number of nitrogens with zero attached hydrogens (tertiary/aromatic N) is 1. The largest absolute Gasteiger partial charge is 0.356 e. The molecule has 0 fully saturated rings. The molecule has 2 nitrogen and oxygen atoms in total. The molecule has 0 spiro atoms. The van der Waals surface area contributed by atoms with Gasteiger partial charge in [-0.15, -0.1) is 12.4 Å². The van der Waals surface area contributed by atoms with Crippen LogP contribution >= 0.6 is 12.4 Å². The molecule has 0 heterocycles. The van der Waals surface area contributed by atoms with Crippen molar-refractivity contribution >= 4 is 24.3 Å². The van der Waals surface area contributed by atoms with Crippen LogP contribution in [0.2, 0.25) is 0 Å². The van der Waals surface area contributed by atoms with Crippen molar-refractivity contribution in [2.75, 3.05) is 7.05 Å². The maximum atomic E-state index is 8.03. The fraction of sp³-hybridized carbons (Fsp3) is 0.118. The summed E-state index contributed by atoms with van der Waals surface area (Å²) in [4.78, 5) is 1.93. The van der Waals surface area contributed by atoms with Crippen molar-refractivity contribution in [3.8, 4) is 0 Å². The number of likely N-dealkylation sites (N-methyl/N-ethyl adjacent to an activating group) is 1. The van der Waals surface area contributed by atoms with Gasteiger partial charge < -0.3 is 4.90 Å². The molecule has 0 aliphatic carbocycles. The molecule has 0 amide bonds. The summed E-state index contributed by atoms with van der Waals surface area (Å²) in [6.07, 6.45) is 3.79. The van der Waals surface area contributed by atoms with Gasteiger partial charge in [0.25, 0.3) is 0 Å². The first-order chi connectivity index (χ1) is 9.25. The smallest absolute Gasteiger partial charge is 0.120 e. The SMILES string of the molecule is CN(Cc1ccccc1)C(=N)/C=C/c1ccccc1.Cl. The van der Waals surface area contributed by atoms with Gasteiger partial charge in [0.1, 0.15) is 5.84 Å². The fourth-order valence-corrected chi connectivity index (χ4v) is 1.81. The zero-order valence-electron chi connectivity index (χ0n) is 11.5. The number of amidine groups is 1. The van der Waals surface area contributed by atoms with Crippen molar-refractivity contribution in [1.29, 1.82) is 5.41 Å². The van der Waals surface area contributed by atoms with Crippen LogP contribution in [0.5, 0.6) is 0 Å². The lowest BCUT2D eigenvalue weighted by atomic mass is 10.2. The minimum absolute atomic E-state index is 0. The molecular weight excluding hydrogens is 268 g/mol. The first-order valence-corrected chi connectivity index (χ1v) is 6.32. The van der Waals surface area contributed by atoms with E-state index in [0.717, 1.165) is 12.1 Å². The van der Waals surface area contributed by atoms with E-state index in [1.807, 2.05) is 72.6 Å². The molecule has 0 atom stereocenters. The minimum atomic E-state index is 0. The summed E-state index contributed by atoms with van der Waals surface area (Å²) in [7, 11) is 1.94. The van der Waals surface area contributed by atoms with Gasteiger partial charge in [-0.25, -0.2) is 0 Å². The molecule has 0 radical (unpaired) electrons. The first kappa shape index (κ1) is 16.0. The highest BCUT2D eigenvalue weighted by atomic mass is 35.5. The highest BCUT2D eigenvalue weighted by Gasteiger charge is 2.01. The molecule has 104 valence electrons. The van der Waals surface area contributed by atoms with Crippen molar-refractivity contribution in [1.82, 2.24) is 4.90 Å². The van der Waals surface area contributed by atoms with Crippen LogP contribution < -0.4 is 0 Å². The maximum absolute atomic E-state index is 8.03. The Hall–Kier alpha value is -2.06. The summed E-state index contributed by atoms with van der Waals surface area (Å²) < 4.78 is 0. The molecule has 2 aromatic carbocycles. The van der Waals surface area contributed by atoms with Crippen LogP contribution in [0.1, 0.15) is 11.1 Å². The lowest BCUT2D eigenvalue weighted by molar-refractivity contribution is 0.500. The summed E-state index contributed by atoms with van der Waals surface area (Å²) in [5, 5.41) is 8.03. The third-order valence-corrected chi connectivity index (χ3v) is 2.91. The molecule has 20 heavy (non-hydrogen) atoms. The van der Waals surface area contributed by atoms with Crippen LogP contribution in [0.15, 0.2) is 66.7 Å². The predicted octanol–water partition coefficient (Wildman–Crippen LogP) is 4.23. The standard InChI is InChI=1S/C17H18N2.ClH/c1-19(14-16-10-6-3-7-11-16)17(18)13-12-15-8-4-2-5-9-15;/h2-13,18H,14H2,1H3;1H/b13-12+,18-17?;. The topological polar surface area (TPSA) is 27.1 Å². The van der Waals surface area contributed by atoms with Crippen LogP contribution in [0.25, 0.3) is 6.08 Å². The summed E-state index contributed by atoms with van der Waals surface area (Å²) in [5.74, 6) is 0.507. The van der Waals surface area contributed by atoms with E-state index in [1.165, 1.54) is 5.56 Å². The highest BCUT2D eigenvalue weighted by Crippen LogP contribution is 2.05. The highest BCUT2D eigenvalue weighted by molar-refractivity contribution is 5.93. The number of hydrogen-bond donors (Lipinski definition) is 1. The average molecular weight is 287 g/mol. The van der Waals surface area contributed by atoms with E-state index in [-0.39, 0.29) is 12.4 Å². The second-order valence-corrected chi connectivity index (χ2v) is 4.47. The Kier molecular flexibility index (Phi) is 6.54. The molecule has 0 aliphatic rings. The van der Waals surface area contributed by atoms with Crippen LogP contribution in [0.4, 0.5) is 0 Å². The van der Waals surface area contributed by atoms with Gasteiger partial charge in [-0.3, -0.25) is 5.41 Å². The van der Waals surface area contributed by atoms with Gasteiger partial charge in [-0.2, -0.15) is 0 Å². The van der Waals surface area contributed by atoms with Crippen LogP contribution in [-0.4, -0.2) is 17.8 Å². The molecule has 0 aliphatic heterocycles. The summed E-state index contributed by atoms with van der Waals surface area (Å²) in [6.45, 7) is 0.749. The molecule has 0 bridgehead atoms. The Morgan fingerprint density at radius 2 is 1.55 bits per heavy atom. The second-order valence-electron chi connectivity index (χ2n) is 4.47. The van der Waals surface area contributed by atoms with Gasteiger partial charge >= 0.3 is 0 Å². The lowest BCUT2D eigenvalue weighted by Crippen LogP contribution is -2.23. The molecule has 2 rings (SSSR count). The molecular formula is C17H19ClN2. The summed E-state index contributed by atoms with van der Waals surface area (Å²) >= 11 is 0. The maximum Gasteiger partial charge on any atom is 0.120 e. The van der Waals surface area contributed by atoms with E-state index in [2.05, 4.69) is 12.1 Å².